The zero-order chi connectivity index (χ0) is 24.4. The van der Waals surface area contributed by atoms with E-state index < -0.39 is 11.6 Å². The lowest BCUT2D eigenvalue weighted by molar-refractivity contribution is -0.131. The molecule has 6 nitrogen and oxygen atoms in total. The Bertz CT molecular complexity index is 1480. The van der Waals surface area contributed by atoms with Crippen molar-refractivity contribution < 1.29 is 13.6 Å². The molecule has 2 unspecified atom stereocenters. The molecule has 180 valence electrons. The van der Waals surface area contributed by atoms with Crippen LogP contribution in [0.5, 0.6) is 0 Å². The molecule has 1 saturated heterocycles. The van der Waals surface area contributed by atoms with Crippen LogP contribution in [0.4, 0.5) is 14.6 Å². The molecular formula is C25H21ClF2N4O2S. The Morgan fingerprint density at radius 1 is 1.17 bits per heavy atom. The molecule has 0 bridgehead atoms. The van der Waals surface area contributed by atoms with Crippen LogP contribution in [0.15, 0.2) is 46.6 Å². The summed E-state index contributed by atoms with van der Waals surface area (Å²) in [5.41, 5.74) is 0.937. The van der Waals surface area contributed by atoms with Crippen molar-refractivity contribution in [2.45, 2.75) is 36.4 Å². The molecule has 10 heteroatoms. The number of carbonyl (C=O) groups excluding carboxylic acids is 1. The summed E-state index contributed by atoms with van der Waals surface area (Å²) >= 11 is 8.25. The van der Waals surface area contributed by atoms with Gasteiger partial charge in [0.25, 0.3) is 0 Å². The molecule has 0 N–H and O–H groups in total. The Morgan fingerprint density at radius 3 is 2.69 bits per heavy atom. The number of carbonyl (C=O) groups is 1. The van der Waals surface area contributed by atoms with Gasteiger partial charge in [0.05, 0.1) is 22.6 Å². The van der Waals surface area contributed by atoms with Crippen LogP contribution >= 0.6 is 23.4 Å². The largest absolute Gasteiger partial charge is 0.350 e. The minimum atomic E-state index is -0.711. The number of aromatic nitrogens is 2. The second-order valence-electron chi connectivity index (χ2n) is 8.94. The van der Waals surface area contributed by atoms with Crippen molar-refractivity contribution in [3.63, 3.8) is 0 Å². The lowest BCUT2D eigenvalue weighted by Crippen LogP contribution is -2.66. The van der Waals surface area contributed by atoms with Crippen molar-refractivity contribution >= 4 is 46.0 Å². The molecule has 1 aromatic heterocycles. The van der Waals surface area contributed by atoms with Crippen LogP contribution in [0.25, 0.3) is 22.0 Å². The first-order chi connectivity index (χ1) is 16.9. The van der Waals surface area contributed by atoms with Gasteiger partial charge in [0, 0.05) is 52.9 Å². The van der Waals surface area contributed by atoms with Gasteiger partial charge in [-0.1, -0.05) is 18.2 Å². The van der Waals surface area contributed by atoms with E-state index in [0.29, 0.717) is 52.2 Å². The van der Waals surface area contributed by atoms with Crippen molar-refractivity contribution in [3.05, 3.63) is 64.1 Å². The van der Waals surface area contributed by atoms with E-state index in [9.17, 15) is 18.4 Å². The number of aryl methyl sites for hydroxylation is 1. The number of fused-ring (bicyclic) bond motifs is 1. The van der Waals surface area contributed by atoms with Crippen molar-refractivity contribution in [1.29, 1.82) is 0 Å². The molecule has 2 atom stereocenters. The highest BCUT2D eigenvalue weighted by Gasteiger charge is 2.45. The predicted octanol–water partition coefficient (Wildman–Crippen LogP) is 4.47. The number of amides is 1. The molecule has 1 amide bonds. The van der Waals surface area contributed by atoms with Gasteiger partial charge in [0.2, 0.25) is 5.91 Å². The van der Waals surface area contributed by atoms with Crippen molar-refractivity contribution in [2.75, 3.05) is 23.7 Å². The fourth-order valence-corrected chi connectivity index (χ4v) is 7.06. The van der Waals surface area contributed by atoms with Gasteiger partial charge < -0.3 is 9.80 Å². The monoisotopic (exact) mass is 514 g/mol. The minimum Gasteiger partial charge on any atom is -0.349 e. The number of rotatable bonds is 3. The summed E-state index contributed by atoms with van der Waals surface area (Å²) in [5, 5.41) is 1.03. The summed E-state index contributed by atoms with van der Waals surface area (Å²) < 4.78 is 30.0. The quantitative estimate of drug-likeness (QED) is 0.483. The number of nitrogens with zero attached hydrogens (tertiary/aromatic N) is 4. The van der Waals surface area contributed by atoms with Gasteiger partial charge >= 0.3 is 5.69 Å². The molecule has 3 heterocycles. The zero-order valence-electron chi connectivity index (χ0n) is 18.6. The highest BCUT2D eigenvalue weighted by atomic mass is 35.5. The fourth-order valence-electron chi connectivity index (χ4n) is 5.50. The van der Waals surface area contributed by atoms with Crippen LogP contribution in [0, 0.1) is 11.6 Å². The Morgan fingerprint density at radius 2 is 1.97 bits per heavy atom. The smallest absolute Gasteiger partial charge is 0.349 e. The molecular weight excluding hydrogens is 494 g/mol. The van der Waals surface area contributed by atoms with Crippen LogP contribution in [0.2, 0.25) is 5.02 Å². The standard InChI is InChI=1S/C25H21ClF2N4O2S/c1-2-20(33)30-7-8-31(19-6-5-18(19)30)24-15-12-16(26)21(14-4-3-13(27)11-17(14)28)23-22(15)32(9-10-35-23)25(34)29-24/h2-4,11-12,18-19H,1,5-10H2. The number of hydrogen-bond donors (Lipinski definition) is 0. The van der Waals surface area contributed by atoms with E-state index in [4.69, 9.17) is 11.6 Å². The number of anilines is 1. The Kier molecular flexibility index (Phi) is 5.37. The Balaban J connectivity index is 1.55. The van der Waals surface area contributed by atoms with E-state index in [0.717, 1.165) is 24.3 Å². The number of thioether (sulfide) groups is 1. The number of benzene rings is 2. The third-order valence-electron chi connectivity index (χ3n) is 7.23. The molecule has 2 aromatic carbocycles. The first-order valence-electron chi connectivity index (χ1n) is 11.4. The predicted molar refractivity (Wildman–Crippen MR) is 133 cm³/mol. The SMILES string of the molecule is C=CC(=O)N1CCN(c2nc(=O)n3c4c(c(-c5ccc(F)cc5F)c(Cl)cc24)SCC3)C2CCC21. The molecule has 6 rings (SSSR count). The number of hydrogen-bond acceptors (Lipinski definition) is 5. The first kappa shape index (κ1) is 22.5. The van der Waals surface area contributed by atoms with Gasteiger partial charge in [0.15, 0.2) is 0 Å². The summed E-state index contributed by atoms with van der Waals surface area (Å²) in [5.74, 6) is -0.325. The minimum absolute atomic E-state index is 0.0401. The fraction of sp³-hybridized carbons (Fsp3) is 0.320. The third-order valence-corrected chi connectivity index (χ3v) is 8.60. The molecule has 35 heavy (non-hydrogen) atoms. The average molecular weight is 515 g/mol. The number of halogens is 3. The topological polar surface area (TPSA) is 58.4 Å². The van der Waals surface area contributed by atoms with Gasteiger partial charge in [-0.05, 0) is 37.1 Å². The zero-order valence-corrected chi connectivity index (χ0v) is 20.2. The van der Waals surface area contributed by atoms with Crippen LogP contribution in [0.1, 0.15) is 12.8 Å². The Labute approximate surface area is 209 Å². The normalized spacial score (nSPS) is 21.0. The molecule has 2 fully saturated rings. The van der Waals surface area contributed by atoms with Crippen molar-refractivity contribution in [1.82, 2.24) is 14.5 Å². The third kappa shape index (κ3) is 3.39. The van der Waals surface area contributed by atoms with Crippen LogP contribution in [-0.4, -0.2) is 51.3 Å². The highest BCUT2D eigenvalue weighted by Crippen LogP contribution is 2.47. The first-order valence-corrected chi connectivity index (χ1v) is 12.8. The van der Waals surface area contributed by atoms with E-state index in [2.05, 4.69) is 16.5 Å². The maximum Gasteiger partial charge on any atom is 0.350 e. The molecule has 2 aliphatic heterocycles. The summed E-state index contributed by atoms with van der Waals surface area (Å²) in [6.45, 7) is 5.12. The van der Waals surface area contributed by atoms with E-state index >= 15 is 0 Å². The van der Waals surface area contributed by atoms with E-state index in [1.807, 2.05) is 4.90 Å². The summed E-state index contributed by atoms with van der Waals surface area (Å²) in [7, 11) is 0. The summed E-state index contributed by atoms with van der Waals surface area (Å²) in [6, 6.07) is 5.23. The second kappa shape index (κ2) is 8.34. The summed E-state index contributed by atoms with van der Waals surface area (Å²) in [6.07, 6.45) is 3.10. The van der Waals surface area contributed by atoms with Crippen molar-refractivity contribution in [2.24, 2.45) is 0 Å². The molecule has 0 radical (unpaired) electrons. The van der Waals surface area contributed by atoms with Crippen molar-refractivity contribution in [3.8, 4) is 11.1 Å². The van der Waals surface area contributed by atoms with Gasteiger partial charge in [-0.15, -0.1) is 11.8 Å². The molecule has 1 aliphatic carbocycles. The second-order valence-corrected chi connectivity index (χ2v) is 10.5. The average Bonchev–Trinajstić information content (AvgIpc) is 2.82. The lowest BCUT2D eigenvalue weighted by Gasteiger charge is -2.54. The maximum absolute atomic E-state index is 14.8. The van der Waals surface area contributed by atoms with E-state index in [1.165, 1.54) is 30.0 Å². The molecule has 3 aliphatic rings. The van der Waals surface area contributed by atoms with Crippen LogP contribution in [-0.2, 0) is 11.3 Å². The Hall–Kier alpha value is -2.91. The molecule has 1 saturated carbocycles. The van der Waals surface area contributed by atoms with E-state index in [1.54, 1.807) is 10.6 Å². The molecule has 3 aromatic rings. The number of piperazine rings is 1. The van der Waals surface area contributed by atoms with Gasteiger partial charge in [-0.2, -0.15) is 4.98 Å². The van der Waals surface area contributed by atoms with Crippen LogP contribution in [0.3, 0.4) is 0 Å². The maximum atomic E-state index is 14.8. The van der Waals surface area contributed by atoms with Gasteiger partial charge in [-0.3, -0.25) is 9.36 Å². The van der Waals surface area contributed by atoms with Gasteiger partial charge in [0.1, 0.15) is 17.5 Å². The molecule has 0 spiro atoms. The summed E-state index contributed by atoms with van der Waals surface area (Å²) in [4.78, 5) is 34.6. The highest BCUT2D eigenvalue weighted by molar-refractivity contribution is 7.99. The van der Waals surface area contributed by atoms with Gasteiger partial charge in [-0.25, -0.2) is 13.6 Å². The lowest BCUT2D eigenvalue weighted by atomic mass is 9.81. The van der Waals surface area contributed by atoms with E-state index in [-0.39, 0.29) is 29.2 Å². The van der Waals surface area contributed by atoms with Crippen LogP contribution < -0.4 is 10.6 Å².